The van der Waals surface area contributed by atoms with Crippen LogP contribution in [0.25, 0.3) is 5.70 Å². The number of hydrogen-bond acceptors (Lipinski definition) is 11. The van der Waals surface area contributed by atoms with Gasteiger partial charge in [0.15, 0.2) is 0 Å². The molecule has 1 aliphatic rings. The van der Waals surface area contributed by atoms with E-state index in [-0.39, 0.29) is 36.7 Å². The van der Waals surface area contributed by atoms with Crippen molar-refractivity contribution >= 4 is 49.5 Å². The molecule has 1 aromatic heterocycles. The van der Waals surface area contributed by atoms with Crippen LogP contribution in [0.3, 0.4) is 0 Å². The van der Waals surface area contributed by atoms with Crippen molar-refractivity contribution in [3.05, 3.63) is 96.1 Å². The Balaban J connectivity index is 1.86. The molecule has 2 aromatic carbocycles. The minimum atomic E-state index is -5.37. The van der Waals surface area contributed by atoms with E-state index in [1.165, 1.54) is 24.3 Å². The Morgan fingerprint density at radius 3 is 2.17 bits per heavy atom. The molecule has 0 saturated heterocycles. The molecule has 1 aliphatic carbocycles. The summed E-state index contributed by atoms with van der Waals surface area (Å²) < 4.78 is 66.9. The van der Waals surface area contributed by atoms with Crippen LogP contribution in [0.15, 0.2) is 90.5 Å². The predicted molar refractivity (Wildman–Crippen MR) is 156 cm³/mol. The number of allylic oxidation sites excluding steroid dienone is 4. The van der Waals surface area contributed by atoms with Crippen LogP contribution in [0.4, 0.5) is 23.5 Å². The van der Waals surface area contributed by atoms with Gasteiger partial charge in [-0.1, -0.05) is 66.8 Å². The summed E-state index contributed by atoms with van der Waals surface area (Å²) in [6.45, 7) is 0.0383. The SMILES string of the molecule is CN(CCO)c1nc(NC(=CC2=CC=CCC2(S(=O)(=O)O)S(=O)(=O)O)c2ccccc2)nc(Nc2ccccc2)n1. The average Bonchev–Trinajstić information content (AvgIpc) is 2.93. The third-order valence-electron chi connectivity index (χ3n) is 6.13. The second-order valence-corrected chi connectivity index (χ2v) is 12.5. The van der Waals surface area contributed by atoms with Gasteiger partial charge in [-0.3, -0.25) is 9.11 Å². The van der Waals surface area contributed by atoms with Gasteiger partial charge in [-0.05, 0) is 29.3 Å². The van der Waals surface area contributed by atoms with Crippen LogP contribution in [0.5, 0.6) is 0 Å². The molecule has 41 heavy (non-hydrogen) atoms. The van der Waals surface area contributed by atoms with Crippen LogP contribution in [0.2, 0.25) is 0 Å². The fourth-order valence-electron chi connectivity index (χ4n) is 4.07. The van der Waals surface area contributed by atoms with E-state index >= 15 is 0 Å². The summed E-state index contributed by atoms with van der Waals surface area (Å²) in [7, 11) is -9.08. The minimum absolute atomic E-state index is 0.00964. The summed E-state index contributed by atoms with van der Waals surface area (Å²) >= 11 is 0. The predicted octanol–water partition coefficient (Wildman–Crippen LogP) is 2.85. The van der Waals surface area contributed by atoms with Crippen molar-refractivity contribution in [2.24, 2.45) is 0 Å². The lowest BCUT2D eigenvalue weighted by Gasteiger charge is -2.30. The molecule has 0 aliphatic heterocycles. The van der Waals surface area contributed by atoms with Gasteiger partial charge in [-0.25, -0.2) is 0 Å². The summed E-state index contributed by atoms with van der Waals surface area (Å²) in [5.74, 6) is 0.322. The van der Waals surface area contributed by atoms with Crippen molar-refractivity contribution in [2.75, 3.05) is 35.7 Å². The molecular formula is C26H28N6O7S2. The zero-order chi connectivity index (χ0) is 29.7. The van der Waals surface area contributed by atoms with Crippen LogP contribution < -0.4 is 15.5 Å². The highest BCUT2D eigenvalue weighted by Gasteiger charge is 2.56. The first-order chi connectivity index (χ1) is 19.4. The highest BCUT2D eigenvalue weighted by atomic mass is 32.3. The fraction of sp³-hybridized carbons (Fsp3) is 0.192. The molecule has 5 N–H and O–H groups in total. The highest BCUT2D eigenvalue weighted by molar-refractivity contribution is 8.05. The van der Waals surface area contributed by atoms with E-state index in [0.717, 1.165) is 0 Å². The zero-order valence-electron chi connectivity index (χ0n) is 21.8. The van der Waals surface area contributed by atoms with Crippen molar-refractivity contribution < 1.29 is 31.0 Å². The molecule has 15 heteroatoms. The maximum absolute atomic E-state index is 12.5. The Morgan fingerprint density at radius 1 is 0.951 bits per heavy atom. The van der Waals surface area contributed by atoms with Gasteiger partial charge in [-0.15, -0.1) is 0 Å². The molecule has 0 radical (unpaired) electrons. The van der Waals surface area contributed by atoms with E-state index in [2.05, 4.69) is 25.6 Å². The topological polar surface area (TPSA) is 195 Å². The number of aliphatic hydroxyl groups excluding tert-OH is 1. The molecule has 4 rings (SSSR count). The van der Waals surface area contributed by atoms with E-state index in [4.69, 9.17) is 0 Å². The van der Waals surface area contributed by atoms with Gasteiger partial charge in [0.2, 0.25) is 17.8 Å². The Bertz CT molecular complexity index is 1660. The Morgan fingerprint density at radius 2 is 1.56 bits per heavy atom. The molecule has 0 saturated carbocycles. The molecule has 3 aromatic rings. The summed E-state index contributed by atoms with van der Waals surface area (Å²) in [6, 6.07) is 17.6. The summed E-state index contributed by atoms with van der Waals surface area (Å²) in [6.07, 6.45) is 4.26. The maximum atomic E-state index is 12.5. The number of likely N-dealkylation sites (N-methyl/N-ethyl adjacent to an activating group) is 1. The zero-order valence-corrected chi connectivity index (χ0v) is 23.4. The highest BCUT2D eigenvalue weighted by Crippen LogP contribution is 2.40. The smallest absolute Gasteiger partial charge is 0.292 e. The lowest BCUT2D eigenvalue weighted by atomic mass is 10.0. The Kier molecular flexibility index (Phi) is 8.84. The lowest BCUT2D eigenvalue weighted by Crippen LogP contribution is -2.47. The molecule has 0 bridgehead atoms. The van der Waals surface area contributed by atoms with Crippen LogP contribution in [-0.4, -0.2) is 70.3 Å². The number of para-hydroxylation sites is 1. The van der Waals surface area contributed by atoms with Crippen molar-refractivity contribution in [2.45, 2.75) is 10.5 Å². The molecule has 0 atom stereocenters. The number of anilines is 4. The van der Waals surface area contributed by atoms with Crippen molar-refractivity contribution in [1.82, 2.24) is 15.0 Å². The van der Waals surface area contributed by atoms with Gasteiger partial charge in [0.05, 0.1) is 6.61 Å². The van der Waals surface area contributed by atoms with E-state index < -0.39 is 36.3 Å². The number of nitrogens with zero attached hydrogens (tertiary/aromatic N) is 4. The minimum Gasteiger partial charge on any atom is -0.395 e. The Hall–Kier alpha value is -4.15. The number of aromatic nitrogens is 3. The molecule has 216 valence electrons. The second-order valence-electron chi connectivity index (χ2n) is 8.93. The van der Waals surface area contributed by atoms with Gasteiger partial charge < -0.3 is 20.6 Å². The first-order valence-corrected chi connectivity index (χ1v) is 15.1. The molecular weight excluding hydrogens is 572 g/mol. The van der Waals surface area contributed by atoms with Crippen LogP contribution >= 0.6 is 0 Å². The number of nitrogens with one attached hydrogen (secondary N) is 2. The molecule has 0 fully saturated rings. The lowest BCUT2D eigenvalue weighted by molar-refractivity contribution is 0.303. The van der Waals surface area contributed by atoms with Crippen molar-refractivity contribution in [1.29, 1.82) is 0 Å². The van der Waals surface area contributed by atoms with Gasteiger partial charge in [0.1, 0.15) is 0 Å². The third-order valence-corrected chi connectivity index (χ3v) is 9.87. The van der Waals surface area contributed by atoms with E-state index in [1.54, 1.807) is 54.4 Å². The van der Waals surface area contributed by atoms with E-state index in [0.29, 0.717) is 11.3 Å². The standard InChI is InChI=1S/C26H28N6O7S2/c1-32(16-17-33)25-30-23(27-21-13-6-3-7-14-21)29-24(31-25)28-22(19-10-4-2-5-11-19)18-20-12-8-9-15-26(20,40(34,35)36)41(37,38)39/h2-14,18,33H,15-17H2,1H3,(H,34,35,36)(H,37,38,39)(H2,27,28,29,30,31). The van der Waals surface area contributed by atoms with Gasteiger partial charge in [0, 0.05) is 31.4 Å². The monoisotopic (exact) mass is 600 g/mol. The van der Waals surface area contributed by atoms with Crippen molar-refractivity contribution in [3.8, 4) is 0 Å². The summed E-state index contributed by atoms with van der Waals surface area (Å²) in [5.41, 5.74) is 0.900. The summed E-state index contributed by atoms with van der Waals surface area (Å²) in [5, 5.41) is 15.5. The van der Waals surface area contributed by atoms with E-state index in [1.807, 2.05) is 18.2 Å². The molecule has 0 unspecified atom stereocenters. The normalized spacial score (nSPS) is 15.2. The third kappa shape index (κ3) is 6.61. The van der Waals surface area contributed by atoms with Crippen LogP contribution in [0, 0.1) is 0 Å². The largest absolute Gasteiger partial charge is 0.395 e. The quantitative estimate of drug-likeness (QED) is 0.202. The van der Waals surface area contributed by atoms with Crippen molar-refractivity contribution in [3.63, 3.8) is 0 Å². The first kappa shape index (κ1) is 29.8. The maximum Gasteiger partial charge on any atom is 0.292 e. The van der Waals surface area contributed by atoms with E-state index in [9.17, 15) is 31.0 Å². The Labute approximate surface area is 237 Å². The number of benzene rings is 2. The second kappa shape index (κ2) is 12.2. The molecule has 0 amide bonds. The van der Waals surface area contributed by atoms with Gasteiger partial charge >= 0.3 is 0 Å². The fourth-order valence-corrected chi connectivity index (χ4v) is 6.60. The molecule has 1 heterocycles. The number of hydrogen-bond donors (Lipinski definition) is 5. The van der Waals surface area contributed by atoms with Crippen LogP contribution in [0.1, 0.15) is 12.0 Å². The van der Waals surface area contributed by atoms with Gasteiger partial charge in [0.25, 0.3) is 24.3 Å². The van der Waals surface area contributed by atoms with Crippen LogP contribution in [-0.2, 0) is 20.2 Å². The first-order valence-electron chi connectivity index (χ1n) is 12.2. The van der Waals surface area contributed by atoms with Gasteiger partial charge in [-0.2, -0.15) is 31.8 Å². The number of rotatable bonds is 11. The average molecular weight is 601 g/mol. The summed E-state index contributed by atoms with van der Waals surface area (Å²) in [4.78, 5) is 14.8. The molecule has 0 spiro atoms. The number of aliphatic hydroxyl groups is 1. The molecule has 13 nitrogen and oxygen atoms in total.